The van der Waals surface area contributed by atoms with Gasteiger partial charge in [0.15, 0.2) is 0 Å². The minimum Gasteiger partial charge on any atom is -0.478 e. The summed E-state index contributed by atoms with van der Waals surface area (Å²) >= 11 is 0. The summed E-state index contributed by atoms with van der Waals surface area (Å²) in [7, 11) is 0. The van der Waals surface area contributed by atoms with Crippen molar-refractivity contribution in [2.24, 2.45) is 0 Å². The van der Waals surface area contributed by atoms with E-state index >= 15 is 0 Å². The van der Waals surface area contributed by atoms with E-state index < -0.39 is 11.9 Å². The number of hydrogen-bond donors (Lipinski definition) is 1. The molecule has 0 atom stereocenters. The number of ether oxygens (including phenoxy) is 1. The van der Waals surface area contributed by atoms with Gasteiger partial charge in [-0.25, -0.2) is 9.59 Å². The molecule has 0 aliphatic rings. The van der Waals surface area contributed by atoms with E-state index in [4.69, 9.17) is 9.84 Å². The fourth-order valence-electron chi connectivity index (χ4n) is 1.58. The SMILES string of the molecule is CCCCCCCCCOC(=O)/C(C)=C\C(=O)O. The van der Waals surface area contributed by atoms with E-state index in [1.165, 1.54) is 39.0 Å². The molecule has 0 aromatic rings. The van der Waals surface area contributed by atoms with E-state index in [0.29, 0.717) is 6.61 Å². The van der Waals surface area contributed by atoms with Gasteiger partial charge in [-0.15, -0.1) is 0 Å². The molecule has 0 aliphatic carbocycles. The fourth-order valence-corrected chi connectivity index (χ4v) is 1.58. The second kappa shape index (κ2) is 10.8. The summed E-state index contributed by atoms with van der Waals surface area (Å²) in [6.45, 7) is 4.00. The Kier molecular flexibility index (Phi) is 10.0. The summed E-state index contributed by atoms with van der Waals surface area (Å²) in [5, 5.41) is 8.46. The second-order valence-corrected chi connectivity index (χ2v) is 4.42. The Morgan fingerprint density at radius 3 is 2.17 bits per heavy atom. The predicted molar refractivity (Wildman–Crippen MR) is 70.3 cm³/mol. The van der Waals surface area contributed by atoms with E-state index in [2.05, 4.69) is 6.92 Å². The molecular weight excluding hydrogens is 232 g/mol. The third-order valence-corrected chi connectivity index (χ3v) is 2.64. The minimum atomic E-state index is -1.12. The van der Waals surface area contributed by atoms with Gasteiger partial charge in [-0.2, -0.15) is 0 Å². The van der Waals surface area contributed by atoms with Crippen molar-refractivity contribution in [3.8, 4) is 0 Å². The van der Waals surface area contributed by atoms with Crippen molar-refractivity contribution in [3.63, 3.8) is 0 Å². The number of aliphatic carboxylic acids is 1. The third-order valence-electron chi connectivity index (χ3n) is 2.64. The molecule has 0 unspecified atom stereocenters. The molecule has 0 radical (unpaired) electrons. The normalized spacial score (nSPS) is 11.3. The molecule has 0 bridgehead atoms. The number of carboxylic acids is 1. The van der Waals surface area contributed by atoms with E-state index in [1.807, 2.05) is 0 Å². The third kappa shape index (κ3) is 9.87. The Morgan fingerprint density at radius 2 is 1.61 bits per heavy atom. The van der Waals surface area contributed by atoms with E-state index in [1.54, 1.807) is 0 Å². The number of hydrogen-bond acceptors (Lipinski definition) is 3. The molecule has 4 nitrogen and oxygen atoms in total. The fraction of sp³-hybridized carbons (Fsp3) is 0.714. The van der Waals surface area contributed by atoms with Crippen molar-refractivity contribution >= 4 is 11.9 Å². The van der Waals surface area contributed by atoms with Gasteiger partial charge in [0.2, 0.25) is 0 Å². The first-order chi connectivity index (χ1) is 8.57. The summed E-state index contributed by atoms with van der Waals surface area (Å²) in [6.07, 6.45) is 8.98. The molecule has 0 heterocycles. The monoisotopic (exact) mass is 256 g/mol. The van der Waals surface area contributed by atoms with Crippen LogP contribution in [0.1, 0.15) is 58.8 Å². The van der Waals surface area contributed by atoms with Crippen molar-refractivity contribution in [2.75, 3.05) is 6.61 Å². The van der Waals surface area contributed by atoms with E-state index in [-0.39, 0.29) is 5.57 Å². The summed E-state index contributed by atoms with van der Waals surface area (Å²) in [4.78, 5) is 21.6. The maximum atomic E-state index is 11.3. The second-order valence-electron chi connectivity index (χ2n) is 4.42. The highest BCUT2D eigenvalue weighted by Crippen LogP contribution is 2.07. The molecule has 0 saturated heterocycles. The zero-order valence-corrected chi connectivity index (χ0v) is 11.4. The number of carbonyl (C=O) groups is 2. The van der Waals surface area contributed by atoms with Crippen molar-refractivity contribution in [3.05, 3.63) is 11.6 Å². The summed E-state index contributed by atoms with van der Waals surface area (Å²) in [5.41, 5.74) is 0.130. The van der Waals surface area contributed by atoms with Gasteiger partial charge in [-0.1, -0.05) is 45.4 Å². The quantitative estimate of drug-likeness (QED) is 0.370. The molecule has 0 rings (SSSR count). The number of unbranched alkanes of at least 4 members (excludes halogenated alkanes) is 6. The van der Waals surface area contributed by atoms with Crippen LogP contribution in [-0.2, 0) is 14.3 Å². The maximum absolute atomic E-state index is 11.3. The molecule has 0 spiro atoms. The van der Waals surface area contributed by atoms with Crippen LogP contribution in [0.3, 0.4) is 0 Å². The highest BCUT2D eigenvalue weighted by Gasteiger charge is 2.06. The van der Waals surface area contributed by atoms with Crippen LogP contribution in [0, 0.1) is 0 Å². The van der Waals surface area contributed by atoms with Crippen molar-refractivity contribution < 1.29 is 19.4 Å². The molecule has 0 aromatic carbocycles. The van der Waals surface area contributed by atoms with Crippen LogP contribution in [-0.4, -0.2) is 23.7 Å². The molecule has 1 N–H and O–H groups in total. The molecule has 0 saturated carbocycles. The smallest absolute Gasteiger partial charge is 0.333 e. The van der Waals surface area contributed by atoms with E-state index in [9.17, 15) is 9.59 Å². The minimum absolute atomic E-state index is 0.130. The molecular formula is C14H24O4. The Balaban J connectivity index is 3.49. The van der Waals surface area contributed by atoms with Crippen LogP contribution in [0.4, 0.5) is 0 Å². The first-order valence-corrected chi connectivity index (χ1v) is 6.66. The van der Waals surface area contributed by atoms with Gasteiger partial charge in [0, 0.05) is 11.6 Å². The zero-order valence-electron chi connectivity index (χ0n) is 11.4. The van der Waals surface area contributed by atoms with Crippen LogP contribution in [0.5, 0.6) is 0 Å². The molecule has 104 valence electrons. The van der Waals surface area contributed by atoms with Gasteiger partial charge in [-0.3, -0.25) is 0 Å². The van der Waals surface area contributed by atoms with Gasteiger partial charge >= 0.3 is 11.9 Å². The van der Waals surface area contributed by atoms with Crippen LogP contribution >= 0.6 is 0 Å². The topological polar surface area (TPSA) is 63.6 Å². The van der Waals surface area contributed by atoms with Gasteiger partial charge in [-0.05, 0) is 13.3 Å². The largest absolute Gasteiger partial charge is 0.478 e. The van der Waals surface area contributed by atoms with Gasteiger partial charge in [0.25, 0.3) is 0 Å². The summed E-state index contributed by atoms with van der Waals surface area (Å²) < 4.78 is 4.96. The van der Waals surface area contributed by atoms with Gasteiger partial charge < -0.3 is 9.84 Å². The molecule has 0 aromatic heterocycles. The molecule has 0 aliphatic heterocycles. The van der Waals surface area contributed by atoms with Crippen molar-refractivity contribution in [1.82, 2.24) is 0 Å². The van der Waals surface area contributed by atoms with Crippen LogP contribution in [0.25, 0.3) is 0 Å². The first-order valence-electron chi connectivity index (χ1n) is 6.66. The molecule has 0 amide bonds. The number of esters is 1. The highest BCUT2D eigenvalue weighted by molar-refractivity contribution is 5.95. The average molecular weight is 256 g/mol. The lowest BCUT2D eigenvalue weighted by atomic mass is 10.1. The van der Waals surface area contributed by atoms with Crippen LogP contribution < -0.4 is 0 Å². The lowest BCUT2D eigenvalue weighted by molar-refractivity contribution is -0.140. The van der Waals surface area contributed by atoms with Gasteiger partial charge in [0.1, 0.15) is 0 Å². The van der Waals surface area contributed by atoms with Crippen LogP contribution in [0.2, 0.25) is 0 Å². The molecule has 4 heteroatoms. The van der Waals surface area contributed by atoms with E-state index in [0.717, 1.165) is 18.9 Å². The zero-order chi connectivity index (χ0) is 13.8. The van der Waals surface area contributed by atoms with Crippen molar-refractivity contribution in [1.29, 1.82) is 0 Å². The lowest BCUT2D eigenvalue weighted by Gasteiger charge is -2.04. The standard InChI is InChI=1S/C14H24O4/c1-3-4-5-6-7-8-9-10-18-14(17)12(2)11-13(15)16/h11H,3-10H2,1-2H3,(H,15,16)/b12-11-. The maximum Gasteiger partial charge on any atom is 0.333 e. The molecule has 18 heavy (non-hydrogen) atoms. The number of rotatable bonds is 10. The Bertz CT molecular complexity index is 282. The predicted octanol–water partition coefficient (Wildman–Crippen LogP) is 3.31. The Morgan fingerprint density at radius 1 is 1.06 bits per heavy atom. The lowest BCUT2D eigenvalue weighted by Crippen LogP contribution is -2.08. The van der Waals surface area contributed by atoms with Crippen LogP contribution in [0.15, 0.2) is 11.6 Å². The number of carbonyl (C=O) groups excluding carboxylic acids is 1. The summed E-state index contributed by atoms with van der Waals surface area (Å²) in [6, 6.07) is 0. The number of carboxylic acid groups (broad SMARTS) is 1. The Hall–Kier alpha value is -1.32. The summed E-state index contributed by atoms with van der Waals surface area (Å²) in [5.74, 6) is -1.66. The van der Waals surface area contributed by atoms with Crippen molar-refractivity contribution in [2.45, 2.75) is 58.8 Å². The average Bonchev–Trinajstić information content (AvgIpc) is 2.31. The Labute approximate surface area is 109 Å². The first kappa shape index (κ1) is 16.7. The molecule has 0 fully saturated rings. The van der Waals surface area contributed by atoms with Gasteiger partial charge in [0.05, 0.1) is 6.61 Å². The highest BCUT2D eigenvalue weighted by atomic mass is 16.5.